The fraction of sp³-hybridized carbons (Fsp3) is 0.250. The van der Waals surface area contributed by atoms with Crippen LogP contribution in [0.1, 0.15) is 32.9 Å². The van der Waals surface area contributed by atoms with Gasteiger partial charge in [-0.15, -0.1) is 0 Å². The Kier molecular flexibility index (Phi) is 8.05. The van der Waals surface area contributed by atoms with Gasteiger partial charge in [0.1, 0.15) is 23.1 Å². The highest BCUT2D eigenvalue weighted by atomic mass is 16.5. The van der Waals surface area contributed by atoms with Crippen LogP contribution in [0.3, 0.4) is 0 Å². The molecular formula is C28H31N5O4. The standard InChI is InChI=1S/C28H31N5O4/c1-28(2,3)25-18-26(33(32-25)21-9-13-22(14-10-21)36-17-5-16-34)31-27(35)30-20-7-11-23(12-8-20)37-24-6-4-15-29-19-24/h4,6-15,18-19,34H,5,16-17H2,1-3H3,(H2,30,31,35). The molecule has 4 rings (SSSR count). The molecule has 0 bridgehead atoms. The van der Waals surface area contributed by atoms with E-state index in [0.29, 0.717) is 41.8 Å². The van der Waals surface area contributed by atoms with Gasteiger partial charge < -0.3 is 19.9 Å². The van der Waals surface area contributed by atoms with Crippen molar-refractivity contribution in [3.63, 3.8) is 0 Å². The summed E-state index contributed by atoms with van der Waals surface area (Å²) < 4.78 is 13.1. The molecule has 0 spiro atoms. The first kappa shape index (κ1) is 25.7. The third-order valence-electron chi connectivity index (χ3n) is 5.35. The van der Waals surface area contributed by atoms with Gasteiger partial charge in [0.2, 0.25) is 0 Å². The number of aromatic nitrogens is 3. The lowest BCUT2D eigenvalue weighted by Gasteiger charge is -2.14. The SMILES string of the molecule is CC(C)(C)c1cc(NC(=O)Nc2ccc(Oc3cccnc3)cc2)n(-c2ccc(OCCCO)cc2)n1. The Morgan fingerprint density at radius 3 is 2.35 bits per heavy atom. The average Bonchev–Trinajstić information content (AvgIpc) is 3.31. The summed E-state index contributed by atoms with van der Waals surface area (Å²) in [6.45, 7) is 6.72. The van der Waals surface area contributed by atoms with E-state index in [4.69, 9.17) is 19.7 Å². The first-order valence-electron chi connectivity index (χ1n) is 12.0. The number of nitrogens with zero attached hydrogens (tertiary/aromatic N) is 3. The highest BCUT2D eigenvalue weighted by Crippen LogP contribution is 2.28. The Labute approximate surface area is 216 Å². The number of ether oxygens (including phenoxy) is 2. The molecule has 4 aromatic rings. The summed E-state index contributed by atoms with van der Waals surface area (Å²) in [6.07, 6.45) is 3.88. The predicted octanol–water partition coefficient (Wildman–Crippen LogP) is 5.76. The van der Waals surface area contributed by atoms with Crippen LogP contribution in [0, 0.1) is 0 Å². The summed E-state index contributed by atoms with van der Waals surface area (Å²) in [4.78, 5) is 16.9. The third kappa shape index (κ3) is 7.08. The zero-order valence-electron chi connectivity index (χ0n) is 21.1. The number of urea groups is 1. The summed E-state index contributed by atoms with van der Waals surface area (Å²) in [7, 11) is 0. The van der Waals surface area contributed by atoms with Crippen LogP contribution >= 0.6 is 0 Å². The number of anilines is 2. The smallest absolute Gasteiger partial charge is 0.324 e. The van der Waals surface area contributed by atoms with Gasteiger partial charge >= 0.3 is 6.03 Å². The van der Waals surface area contributed by atoms with Crippen molar-refractivity contribution in [3.8, 4) is 22.9 Å². The molecule has 0 aliphatic rings. The van der Waals surface area contributed by atoms with Crippen molar-refractivity contribution in [2.45, 2.75) is 32.6 Å². The van der Waals surface area contributed by atoms with Crippen LogP contribution in [0.5, 0.6) is 17.2 Å². The number of aliphatic hydroxyl groups excluding tert-OH is 1. The molecule has 0 aliphatic heterocycles. The molecule has 9 nitrogen and oxygen atoms in total. The van der Waals surface area contributed by atoms with Crippen LogP contribution in [0.25, 0.3) is 5.69 Å². The minimum absolute atomic E-state index is 0.0847. The Hall–Kier alpha value is -4.37. The molecule has 0 aliphatic carbocycles. The third-order valence-corrected chi connectivity index (χ3v) is 5.35. The van der Waals surface area contributed by atoms with E-state index in [0.717, 1.165) is 11.4 Å². The number of hydrogen-bond acceptors (Lipinski definition) is 6. The van der Waals surface area contributed by atoms with E-state index in [2.05, 4.69) is 36.4 Å². The fourth-order valence-corrected chi connectivity index (χ4v) is 3.40. The van der Waals surface area contributed by atoms with Gasteiger partial charge in [0.25, 0.3) is 0 Å². The van der Waals surface area contributed by atoms with Crippen molar-refractivity contribution in [2.75, 3.05) is 23.8 Å². The number of hydrogen-bond donors (Lipinski definition) is 3. The predicted molar refractivity (Wildman–Crippen MR) is 143 cm³/mol. The van der Waals surface area contributed by atoms with Crippen molar-refractivity contribution >= 4 is 17.5 Å². The van der Waals surface area contributed by atoms with E-state index >= 15 is 0 Å². The van der Waals surface area contributed by atoms with Crippen LogP contribution in [-0.4, -0.2) is 39.1 Å². The Morgan fingerprint density at radius 2 is 1.70 bits per heavy atom. The Morgan fingerprint density at radius 1 is 0.973 bits per heavy atom. The number of benzene rings is 2. The molecule has 2 aromatic heterocycles. The van der Waals surface area contributed by atoms with Crippen LogP contribution in [0.15, 0.2) is 79.1 Å². The number of pyridine rings is 1. The van der Waals surface area contributed by atoms with Crippen molar-refractivity contribution in [2.24, 2.45) is 0 Å². The molecule has 0 atom stereocenters. The van der Waals surface area contributed by atoms with E-state index in [1.54, 1.807) is 47.4 Å². The molecule has 2 heterocycles. The van der Waals surface area contributed by atoms with Crippen molar-refractivity contribution in [1.82, 2.24) is 14.8 Å². The largest absolute Gasteiger partial charge is 0.494 e. The molecule has 3 N–H and O–H groups in total. The Bertz CT molecular complexity index is 1300. The molecule has 2 amide bonds. The average molecular weight is 502 g/mol. The molecule has 9 heteroatoms. The molecule has 0 saturated carbocycles. The molecule has 0 fully saturated rings. The van der Waals surface area contributed by atoms with Crippen molar-refractivity contribution in [1.29, 1.82) is 0 Å². The molecule has 192 valence electrons. The van der Waals surface area contributed by atoms with Gasteiger partial charge in [-0.05, 0) is 60.7 Å². The topological polar surface area (TPSA) is 111 Å². The second kappa shape index (κ2) is 11.6. The lowest BCUT2D eigenvalue weighted by molar-refractivity contribution is 0.233. The monoisotopic (exact) mass is 501 g/mol. The number of aliphatic hydroxyl groups is 1. The summed E-state index contributed by atoms with van der Waals surface area (Å²) in [5, 5.41) is 19.4. The van der Waals surface area contributed by atoms with Gasteiger partial charge in [0, 0.05) is 36.4 Å². The molecule has 0 radical (unpaired) electrons. The Balaban J connectivity index is 1.46. The highest BCUT2D eigenvalue weighted by molar-refractivity contribution is 5.99. The van der Waals surface area contributed by atoms with E-state index in [9.17, 15) is 4.79 Å². The van der Waals surface area contributed by atoms with Crippen molar-refractivity contribution < 1.29 is 19.4 Å². The highest BCUT2D eigenvalue weighted by Gasteiger charge is 2.21. The van der Waals surface area contributed by atoms with Crippen LogP contribution in [0.4, 0.5) is 16.3 Å². The maximum atomic E-state index is 12.9. The van der Waals surface area contributed by atoms with E-state index < -0.39 is 6.03 Å². The summed E-state index contributed by atoms with van der Waals surface area (Å²) in [5.74, 6) is 2.50. The second-order valence-electron chi connectivity index (χ2n) is 9.39. The number of rotatable bonds is 9. The van der Waals surface area contributed by atoms with Gasteiger partial charge in [-0.25, -0.2) is 9.48 Å². The minimum Gasteiger partial charge on any atom is -0.494 e. The lowest BCUT2D eigenvalue weighted by atomic mass is 9.92. The summed E-state index contributed by atoms with van der Waals surface area (Å²) in [6, 6.07) is 19.6. The maximum absolute atomic E-state index is 12.9. The number of nitrogens with one attached hydrogen (secondary N) is 2. The van der Waals surface area contributed by atoms with Gasteiger partial charge in [-0.3, -0.25) is 10.3 Å². The van der Waals surface area contributed by atoms with Gasteiger partial charge in [-0.1, -0.05) is 20.8 Å². The first-order valence-corrected chi connectivity index (χ1v) is 12.0. The summed E-state index contributed by atoms with van der Waals surface area (Å²) >= 11 is 0. The quantitative estimate of drug-likeness (QED) is 0.251. The molecular weight excluding hydrogens is 470 g/mol. The lowest BCUT2D eigenvalue weighted by Crippen LogP contribution is -2.21. The molecule has 0 saturated heterocycles. The number of carbonyl (C=O) groups excluding carboxylic acids is 1. The van der Waals surface area contributed by atoms with Gasteiger partial charge in [0.15, 0.2) is 0 Å². The molecule has 2 aromatic carbocycles. The van der Waals surface area contributed by atoms with E-state index in [1.807, 2.05) is 36.4 Å². The summed E-state index contributed by atoms with van der Waals surface area (Å²) in [5.41, 5.74) is 2.01. The minimum atomic E-state index is -0.397. The molecule has 0 unspecified atom stereocenters. The van der Waals surface area contributed by atoms with E-state index in [-0.39, 0.29) is 12.0 Å². The van der Waals surface area contributed by atoms with E-state index in [1.165, 1.54) is 0 Å². The fourth-order valence-electron chi connectivity index (χ4n) is 3.40. The van der Waals surface area contributed by atoms with Crippen LogP contribution < -0.4 is 20.1 Å². The van der Waals surface area contributed by atoms with Gasteiger partial charge in [0.05, 0.1) is 24.2 Å². The van der Waals surface area contributed by atoms with Crippen LogP contribution in [-0.2, 0) is 5.41 Å². The first-order chi connectivity index (χ1) is 17.8. The van der Waals surface area contributed by atoms with Gasteiger partial charge in [-0.2, -0.15) is 5.10 Å². The number of amides is 2. The van der Waals surface area contributed by atoms with Crippen LogP contribution in [0.2, 0.25) is 0 Å². The zero-order chi connectivity index (χ0) is 26.3. The normalized spacial score (nSPS) is 11.1. The maximum Gasteiger partial charge on any atom is 0.324 e. The molecule has 37 heavy (non-hydrogen) atoms. The second-order valence-corrected chi connectivity index (χ2v) is 9.39. The number of carbonyl (C=O) groups is 1. The zero-order valence-corrected chi connectivity index (χ0v) is 21.1. The van der Waals surface area contributed by atoms with Crippen molar-refractivity contribution in [3.05, 3.63) is 84.8 Å².